The second-order valence-electron chi connectivity index (χ2n) is 5.11. The Balaban J connectivity index is 1.80. The van der Waals surface area contributed by atoms with Crippen molar-refractivity contribution in [3.05, 3.63) is 82.0 Å². The highest BCUT2D eigenvalue weighted by atomic mass is 16.6. The maximum Gasteiger partial charge on any atom is 0.294 e. The van der Waals surface area contributed by atoms with E-state index in [1.165, 1.54) is 18.2 Å². The summed E-state index contributed by atoms with van der Waals surface area (Å²) in [7, 11) is 0. The van der Waals surface area contributed by atoms with Gasteiger partial charge in [-0.15, -0.1) is 0 Å². The molecule has 1 heterocycles. The third kappa shape index (κ3) is 3.39. The van der Waals surface area contributed by atoms with Gasteiger partial charge in [0.05, 0.1) is 23.1 Å². The largest absolute Gasteiger partial charge is 0.333 e. The number of nitriles is 1. The number of nitrogens with zero attached hydrogens (tertiary/aromatic N) is 4. The minimum Gasteiger partial charge on any atom is -0.333 e. The maximum absolute atomic E-state index is 11.2. The highest BCUT2D eigenvalue weighted by molar-refractivity contribution is 5.69. The molecule has 0 saturated carbocycles. The van der Waals surface area contributed by atoms with Crippen molar-refractivity contribution in [3.63, 3.8) is 0 Å². The number of anilines is 2. The minimum atomic E-state index is -0.524. The highest BCUT2D eigenvalue weighted by Crippen LogP contribution is 2.27. The topological polar surface area (TPSA) is 96.8 Å². The Morgan fingerprint density at radius 2 is 2.00 bits per heavy atom. The van der Waals surface area contributed by atoms with Gasteiger partial charge in [0.1, 0.15) is 5.69 Å². The van der Waals surface area contributed by atoms with Gasteiger partial charge >= 0.3 is 0 Å². The van der Waals surface area contributed by atoms with Crippen LogP contribution in [0, 0.1) is 21.4 Å². The van der Waals surface area contributed by atoms with E-state index in [2.05, 4.69) is 10.4 Å². The van der Waals surface area contributed by atoms with Gasteiger partial charge in [-0.3, -0.25) is 14.8 Å². The first-order valence-electron chi connectivity index (χ1n) is 7.18. The van der Waals surface area contributed by atoms with Gasteiger partial charge in [-0.05, 0) is 17.7 Å². The van der Waals surface area contributed by atoms with Gasteiger partial charge < -0.3 is 5.32 Å². The van der Waals surface area contributed by atoms with Gasteiger partial charge in [0.25, 0.3) is 5.69 Å². The summed E-state index contributed by atoms with van der Waals surface area (Å²) >= 11 is 0. The van der Waals surface area contributed by atoms with Crippen molar-refractivity contribution in [1.82, 2.24) is 9.78 Å². The lowest BCUT2D eigenvalue weighted by atomic mass is 10.2. The first-order valence-corrected chi connectivity index (χ1v) is 7.18. The number of rotatable bonds is 5. The molecule has 118 valence electrons. The van der Waals surface area contributed by atoms with Gasteiger partial charge in [0.15, 0.2) is 5.82 Å². The van der Waals surface area contributed by atoms with Crippen molar-refractivity contribution in [2.75, 3.05) is 5.32 Å². The highest BCUT2D eigenvalue weighted by Gasteiger charge is 2.15. The average molecular weight is 319 g/mol. The van der Waals surface area contributed by atoms with Crippen molar-refractivity contribution >= 4 is 17.2 Å². The number of nitro groups is 1. The first kappa shape index (κ1) is 15.2. The lowest BCUT2D eigenvalue weighted by molar-refractivity contribution is -0.383. The SMILES string of the molecule is N#Cc1ccc(Nc2ccn(Cc3ccccc3)n2)c([N+](=O)[O-])c1. The van der Waals surface area contributed by atoms with E-state index in [1.807, 2.05) is 36.4 Å². The lowest BCUT2D eigenvalue weighted by Gasteiger charge is -2.05. The third-order valence-corrected chi connectivity index (χ3v) is 3.41. The van der Waals surface area contributed by atoms with Crippen LogP contribution in [-0.2, 0) is 6.54 Å². The van der Waals surface area contributed by atoms with Crippen LogP contribution < -0.4 is 5.32 Å². The summed E-state index contributed by atoms with van der Waals surface area (Å²) in [5.74, 6) is 0.499. The molecule has 0 fully saturated rings. The van der Waals surface area contributed by atoms with E-state index >= 15 is 0 Å². The summed E-state index contributed by atoms with van der Waals surface area (Å²) < 4.78 is 1.74. The first-order chi connectivity index (χ1) is 11.7. The summed E-state index contributed by atoms with van der Waals surface area (Å²) in [6.45, 7) is 0.609. The Hall–Kier alpha value is -3.66. The molecule has 7 heteroatoms. The second kappa shape index (κ2) is 6.62. The molecule has 0 bridgehead atoms. The van der Waals surface area contributed by atoms with Crippen LogP contribution in [-0.4, -0.2) is 14.7 Å². The Kier molecular flexibility index (Phi) is 4.21. The Morgan fingerprint density at radius 1 is 1.21 bits per heavy atom. The molecule has 0 unspecified atom stereocenters. The molecule has 0 aliphatic heterocycles. The van der Waals surface area contributed by atoms with E-state index in [4.69, 9.17) is 5.26 Å². The smallest absolute Gasteiger partial charge is 0.294 e. The van der Waals surface area contributed by atoms with Crippen molar-refractivity contribution in [3.8, 4) is 6.07 Å². The molecule has 1 N–H and O–H groups in total. The summed E-state index contributed by atoms with van der Waals surface area (Å²) in [5, 5.41) is 27.3. The molecule has 3 rings (SSSR count). The van der Waals surface area contributed by atoms with E-state index < -0.39 is 4.92 Å². The van der Waals surface area contributed by atoms with E-state index in [0.717, 1.165) is 5.56 Å². The predicted octanol–water partition coefficient (Wildman–Crippen LogP) is 3.45. The number of hydrogen-bond acceptors (Lipinski definition) is 5. The summed E-state index contributed by atoms with van der Waals surface area (Å²) in [5.41, 5.74) is 1.48. The second-order valence-corrected chi connectivity index (χ2v) is 5.11. The summed E-state index contributed by atoms with van der Waals surface area (Å²) in [6, 6.07) is 17.8. The van der Waals surface area contributed by atoms with E-state index in [0.29, 0.717) is 18.1 Å². The van der Waals surface area contributed by atoms with Crippen LogP contribution in [0.1, 0.15) is 11.1 Å². The fourth-order valence-corrected chi connectivity index (χ4v) is 2.28. The van der Waals surface area contributed by atoms with Crippen LogP contribution >= 0.6 is 0 Å². The van der Waals surface area contributed by atoms with Crippen molar-refractivity contribution in [2.45, 2.75) is 6.54 Å². The molecule has 0 amide bonds. The van der Waals surface area contributed by atoms with Crippen LogP contribution in [0.3, 0.4) is 0 Å². The van der Waals surface area contributed by atoms with Crippen LogP contribution in [0.25, 0.3) is 0 Å². The van der Waals surface area contributed by atoms with Crippen molar-refractivity contribution in [2.24, 2.45) is 0 Å². The molecule has 0 spiro atoms. The van der Waals surface area contributed by atoms with Crippen LogP contribution in [0.4, 0.5) is 17.2 Å². The molecule has 0 aliphatic carbocycles. The molecule has 1 aromatic heterocycles. The molecule has 0 atom stereocenters. The number of nitro benzene ring substituents is 1. The number of nitrogens with one attached hydrogen (secondary N) is 1. The van der Waals surface area contributed by atoms with Gasteiger partial charge in [-0.25, -0.2) is 0 Å². The van der Waals surface area contributed by atoms with Gasteiger partial charge in [0.2, 0.25) is 0 Å². The molecule has 0 aliphatic rings. The fraction of sp³-hybridized carbons (Fsp3) is 0.0588. The number of aromatic nitrogens is 2. The van der Waals surface area contributed by atoms with E-state index in [-0.39, 0.29) is 11.3 Å². The fourth-order valence-electron chi connectivity index (χ4n) is 2.28. The predicted molar refractivity (Wildman–Crippen MR) is 88.9 cm³/mol. The Bertz CT molecular complexity index is 912. The summed E-state index contributed by atoms with van der Waals surface area (Å²) in [4.78, 5) is 10.6. The van der Waals surface area contributed by atoms with Crippen molar-refractivity contribution in [1.29, 1.82) is 5.26 Å². The van der Waals surface area contributed by atoms with Crippen molar-refractivity contribution < 1.29 is 4.92 Å². The van der Waals surface area contributed by atoms with Gasteiger partial charge in [-0.1, -0.05) is 30.3 Å². The number of hydrogen-bond donors (Lipinski definition) is 1. The molecule has 7 nitrogen and oxygen atoms in total. The molecule has 0 radical (unpaired) electrons. The van der Waals surface area contributed by atoms with Crippen LogP contribution in [0.2, 0.25) is 0 Å². The molecule has 24 heavy (non-hydrogen) atoms. The monoisotopic (exact) mass is 319 g/mol. The van der Waals surface area contributed by atoms with Gasteiger partial charge in [0, 0.05) is 18.3 Å². The zero-order valence-corrected chi connectivity index (χ0v) is 12.6. The Morgan fingerprint density at radius 3 is 2.71 bits per heavy atom. The minimum absolute atomic E-state index is 0.161. The molecular weight excluding hydrogens is 306 g/mol. The van der Waals surface area contributed by atoms with Gasteiger partial charge in [-0.2, -0.15) is 10.4 Å². The molecule has 2 aromatic carbocycles. The zero-order chi connectivity index (χ0) is 16.9. The maximum atomic E-state index is 11.2. The average Bonchev–Trinajstić information content (AvgIpc) is 3.03. The molecule has 0 saturated heterocycles. The third-order valence-electron chi connectivity index (χ3n) is 3.41. The molecular formula is C17H13N5O2. The molecule has 3 aromatic rings. The normalized spacial score (nSPS) is 10.1. The van der Waals surface area contributed by atoms with Crippen LogP contribution in [0.5, 0.6) is 0 Å². The van der Waals surface area contributed by atoms with E-state index in [1.54, 1.807) is 16.9 Å². The lowest BCUT2D eigenvalue weighted by Crippen LogP contribution is -2.02. The van der Waals surface area contributed by atoms with E-state index in [9.17, 15) is 10.1 Å². The number of benzene rings is 2. The summed E-state index contributed by atoms with van der Waals surface area (Å²) in [6.07, 6.45) is 1.80. The van der Waals surface area contributed by atoms with Crippen LogP contribution in [0.15, 0.2) is 60.8 Å². The Labute approximate surface area is 137 Å². The standard InChI is InChI=1S/C17H13N5O2/c18-11-14-6-7-15(16(10-14)22(23)24)19-17-8-9-21(20-17)12-13-4-2-1-3-5-13/h1-10H,12H2,(H,19,20). The zero-order valence-electron chi connectivity index (χ0n) is 12.6. The quantitative estimate of drug-likeness (QED) is 0.574.